The van der Waals surface area contributed by atoms with Gasteiger partial charge in [0, 0.05) is 19.1 Å². The number of rotatable bonds is 3. The van der Waals surface area contributed by atoms with Gasteiger partial charge in [0.2, 0.25) is 5.91 Å². The third kappa shape index (κ3) is 2.49. The van der Waals surface area contributed by atoms with Gasteiger partial charge in [-0.05, 0) is 38.8 Å². The minimum atomic E-state index is 0.139. The molecule has 0 aromatic carbocycles. The smallest absolute Gasteiger partial charge is 0.233 e. The second kappa shape index (κ2) is 4.94. The zero-order valence-corrected chi connectivity index (χ0v) is 9.46. The predicted octanol–water partition coefficient (Wildman–Crippen LogP) is -0.0512. The van der Waals surface area contributed by atoms with Crippen LogP contribution < -0.4 is 10.6 Å². The van der Waals surface area contributed by atoms with Crippen LogP contribution in [0.15, 0.2) is 0 Å². The van der Waals surface area contributed by atoms with Gasteiger partial charge >= 0.3 is 0 Å². The molecule has 0 radical (unpaired) electrons. The molecule has 2 atom stereocenters. The first-order valence-electron chi connectivity index (χ1n) is 5.99. The Morgan fingerprint density at radius 1 is 1.47 bits per heavy atom. The Morgan fingerprint density at radius 3 is 3.00 bits per heavy atom. The summed E-state index contributed by atoms with van der Waals surface area (Å²) in [7, 11) is 1.71. The maximum Gasteiger partial charge on any atom is 0.233 e. The monoisotopic (exact) mass is 211 g/mol. The van der Waals surface area contributed by atoms with Crippen LogP contribution in [0.1, 0.15) is 25.7 Å². The van der Waals surface area contributed by atoms with Gasteiger partial charge in [0.15, 0.2) is 0 Å². The Balaban J connectivity index is 1.89. The van der Waals surface area contributed by atoms with Gasteiger partial charge in [-0.3, -0.25) is 9.69 Å². The normalized spacial score (nSPS) is 32.1. The van der Waals surface area contributed by atoms with Crippen LogP contribution in [-0.2, 0) is 4.79 Å². The fourth-order valence-electron chi connectivity index (χ4n) is 2.81. The largest absolute Gasteiger partial charge is 0.358 e. The average Bonchev–Trinajstić information content (AvgIpc) is 2.86. The average molecular weight is 211 g/mol. The number of likely N-dealkylation sites (tertiary alicyclic amines) is 1. The maximum absolute atomic E-state index is 11.4. The number of hydrogen-bond donors (Lipinski definition) is 2. The molecule has 0 aromatic heterocycles. The van der Waals surface area contributed by atoms with Crippen molar-refractivity contribution in [2.45, 2.75) is 37.8 Å². The molecule has 0 saturated carbocycles. The summed E-state index contributed by atoms with van der Waals surface area (Å²) in [6.45, 7) is 2.80. The molecule has 1 amide bonds. The van der Waals surface area contributed by atoms with Crippen molar-refractivity contribution in [1.82, 2.24) is 15.5 Å². The zero-order valence-electron chi connectivity index (χ0n) is 9.46. The number of nitrogens with one attached hydrogen (secondary N) is 2. The topological polar surface area (TPSA) is 44.4 Å². The Bertz CT molecular complexity index is 226. The second-order valence-electron chi connectivity index (χ2n) is 4.56. The van der Waals surface area contributed by atoms with Crippen molar-refractivity contribution < 1.29 is 4.79 Å². The first kappa shape index (κ1) is 10.9. The first-order valence-corrected chi connectivity index (χ1v) is 5.99. The van der Waals surface area contributed by atoms with Crippen LogP contribution >= 0.6 is 0 Å². The Kier molecular flexibility index (Phi) is 3.59. The van der Waals surface area contributed by atoms with E-state index >= 15 is 0 Å². The minimum Gasteiger partial charge on any atom is -0.358 e. The standard InChI is InChI=1S/C11H21N3O/c1-12-11(15)8-14-7-3-5-10(14)9-4-2-6-13-9/h9-10,13H,2-8H2,1H3,(H,12,15). The van der Waals surface area contributed by atoms with Crippen LogP contribution in [0.3, 0.4) is 0 Å². The summed E-state index contributed by atoms with van der Waals surface area (Å²) in [6.07, 6.45) is 5.04. The van der Waals surface area contributed by atoms with E-state index in [1.54, 1.807) is 7.05 Å². The molecule has 0 aliphatic carbocycles. The van der Waals surface area contributed by atoms with E-state index in [2.05, 4.69) is 15.5 Å². The number of hydrogen-bond acceptors (Lipinski definition) is 3. The second-order valence-corrected chi connectivity index (χ2v) is 4.56. The van der Waals surface area contributed by atoms with Gasteiger partial charge in [0.05, 0.1) is 6.54 Å². The first-order chi connectivity index (χ1) is 7.31. The molecule has 2 heterocycles. The van der Waals surface area contributed by atoms with Crippen LogP contribution in [0, 0.1) is 0 Å². The van der Waals surface area contributed by atoms with Gasteiger partial charge in [-0.1, -0.05) is 0 Å². The quantitative estimate of drug-likeness (QED) is 0.688. The van der Waals surface area contributed by atoms with Gasteiger partial charge in [-0.2, -0.15) is 0 Å². The van der Waals surface area contributed by atoms with E-state index in [0.717, 1.165) is 13.1 Å². The van der Waals surface area contributed by atoms with Gasteiger partial charge in [0.1, 0.15) is 0 Å². The lowest BCUT2D eigenvalue weighted by Crippen LogP contribution is -2.47. The SMILES string of the molecule is CNC(=O)CN1CCCC1C1CCCN1. The fourth-order valence-corrected chi connectivity index (χ4v) is 2.81. The van der Waals surface area contributed by atoms with Gasteiger partial charge in [0.25, 0.3) is 0 Å². The highest BCUT2D eigenvalue weighted by molar-refractivity contribution is 5.77. The zero-order chi connectivity index (χ0) is 10.7. The Hall–Kier alpha value is -0.610. The van der Waals surface area contributed by atoms with Crippen molar-refractivity contribution in [1.29, 1.82) is 0 Å². The van der Waals surface area contributed by atoms with Crippen molar-refractivity contribution in [3.8, 4) is 0 Å². The van der Waals surface area contributed by atoms with Crippen molar-refractivity contribution in [3.63, 3.8) is 0 Å². The molecule has 4 nitrogen and oxygen atoms in total. The molecular formula is C11H21N3O. The van der Waals surface area contributed by atoms with E-state index in [1.807, 2.05) is 0 Å². The molecule has 0 bridgehead atoms. The molecule has 2 rings (SSSR count). The molecule has 2 aliphatic rings. The Morgan fingerprint density at radius 2 is 2.33 bits per heavy atom. The summed E-state index contributed by atoms with van der Waals surface area (Å²) in [6, 6.07) is 1.21. The molecule has 2 fully saturated rings. The molecule has 0 spiro atoms. The molecule has 15 heavy (non-hydrogen) atoms. The molecule has 86 valence electrons. The summed E-state index contributed by atoms with van der Waals surface area (Å²) in [4.78, 5) is 13.7. The van der Waals surface area contributed by atoms with Crippen LogP contribution in [-0.4, -0.2) is 49.6 Å². The van der Waals surface area contributed by atoms with E-state index < -0.39 is 0 Å². The van der Waals surface area contributed by atoms with E-state index in [-0.39, 0.29) is 5.91 Å². The lowest BCUT2D eigenvalue weighted by molar-refractivity contribution is -0.122. The lowest BCUT2D eigenvalue weighted by Gasteiger charge is -2.28. The predicted molar refractivity (Wildman–Crippen MR) is 59.7 cm³/mol. The third-order valence-electron chi connectivity index (χ3n) is 3.60. The van der Waals surface area contributed by atoms with Crippen LogP contribution in [0.25, 0.3) is 0 Å². The molecule has 0 aromatic rings. The highest BCUT2D eigenvalue weighted by Gasteiger charge is 2.33. The fraction of sp³-hybridized carbons (Fsp3) is 0.909. The van der Waals surface area contributed by atoms with E-state index in [1.165, 1.54) is 25.7 Å². The number of carbonyl (C=O) groups is 1. The number of carbonyl (C=O) groups excluding carboxylic acids is 1. The van der Waals surface area contributed by atoms with Crippen LogP contribution in [0.2, 0.25) is 0 Å². The number of likely N-dealkylation sites (N-methyl/N-ethyl adjacent to an activating group) is 1. The molecule has 2 aliphatic heterocycles. The summed E-state index contributed by atoms with van der Waals surface area (Å²) >= 11 is 0. The molecule has 2 N–H and O–H groups in total. The van der Waals surface area contributed by atoms with Crippen molar-refractivity contribution in [3.05, 3.63) is 0 Å². The molecule has 4 heteroatoms. The lowest BCUT2D eigenvalue weighted by atomic mass is 10.0. The van der Waals surface area contributed by atoms with E-state index in [4.69, 9.17) is 0 Å². The third-order valence-corrected chi connectivity index (χ3v) is 3.60. The molecule has 2 unspecified atom stereocenters. The number of nitrogens with zero attached hydrogens (tertiary/aromatic N) is 1. The Labute approximate surface area is 91.4 Å². The maximum atomic E-state index is 11.4. The van der Waals surface area contributed by atoms with E-state index in [9.17, 15) is 4.79 Å². The van der Waals surface area contributed by atoms with Crippen molar-refractivity contribution in [2.24, 2.45) is 0 Å². The van der Waals surface area contributed by atoms with Crippen LogP contribution in [0.5, 0.6) is 0 Å². The van der Waals surface area contributed by atoms with Gasteiger partial charge in [-0.25, -0.2) is 0 Å². The number of amides is 1. The van der Waals surface area contributed by atoms with Crippen molar-refractivity contribution >= 4 is 5.91 Å². The van der Waals surface area contributed by atoms with Crippen molar-refractivity contribution in [2.75, 3.05) is 26.7 Å². The molecular weight excluding hydrogens is 190 g/mol. The van der Waals surface area contributed by atoms with E-state index in [0.29, 0.717) is 18.6 Å². The molecule has 2 saturated heterocycles. The van der Waals surface area contributed by atoms with Gasteiger partial charge < -0.3 is 10.6 Å². The van der Waals surface area contributed by atoms with Crippen LogP contribution in [0.4, 0.5) is 0 Å². The summed E-state index contributed by atoms with van der Waals surface area (Å²) in [5, 5.41) is 6.25. The summed E-state index contributed by atoms with van der Waals surface area (Å²) in [5.41, 5.74) is 0. The highest BCUT2D eigenvalue weighted by Crippen LogP contribution is 2.24. The minimum absolute atomic E-state index is 0.139. The summed E-state index contributed by atoms with van der Waals surface area (Å²) < 4.78 is 0. The van der Waals surface area contributed by atoms with Gasteiger partial charge in [-0.15, -0.1) is 0 Å². The highest BCUT2D eigenvalue weighted by atomic mass is 16.1. The summed E-state index contributed by atoms with van der Waals surface area (Å²) in [5.74, 6) is 0.139.